The quantitative estimate of drug-likeness (QED) is 0.126. The van der Waals surface area contributed by atoms with Gasteiger partial charge in [-0.1, -0.05) is 49.7 Å². The highest BCUT2D eigenvalue weighted by atomic mass is 32.1. The van der Waals surface area contributed by atoms with Crippen molar-refractivity contribution in [1.29, 1.82) is 0 Å². The van der Waals surface area contributed by atoms with Crippen molar-refractivity contribution >= 4 is 18.9 Å². The normalized spacial score (nSPS) is 10.5. The molecule has 8 heteroatoms. The molecule has 2 rings (SSSR count). The molecule has 0 radical (unpaired) electrons. The monoisotopic (exact) mass is 371 g/mol. The number of hydrazine groups is 1. The third-order valence-corrected chi connectivity index (χ3v) is 3.04. The van der Waals surface area contributed by atoms with Gasteiger partial charge in [0.2, 0.25) is 0 Å². The number of hydrogen-bond acceptors (Lipinski definition) is 4. The zero-order valence-corrected chi connectivity index (χ0v) is 14.0. The lowest BCUT2D eigenvalue weighted by molar-refractivity contribution is 0.405. The summed E-state index contributed by atoms with van der Waals surface area (Å²) < 4.78 is 52.8. The van der Waals surface area contributed by atoms with Gasteiger partial charge in [-0.15, -0.1) is 0 Å². The largest absolute Gasteiger partial charge is 0.399 e. The van der Waals surface area contributed by atoms with Gasteiger partial charge in [0.15, 0.2) is 23.3 Å². The topological polar surface area (TPSA) is 64.1 Å². The van der Waals surface area contributed by atoms with Gasteiger partial charge in [0.25, 0.3) is 0 Å². The first-order chi connectivity index (χ1) is 11.8. The lowest BCUT2D eigenvalue weighted by atomic mass is 10.0. The van der Waals surface area contributed by atoms with E-state index in [2.05, 4.69) is 25.2 Å². The zero-order chi connectivity index (χ0) is 19.0. The highest BCUT2D eigenvalue weighted by Gasteiger charge is 2.18. The average Bonchev–Trinajstić information content (AvgIpc) is 2.58. The molecule has 5 N–H and O–H groups in total. The van der Waals surface area contributed by atoms with Gasteiger partial charge in [-0.25, -0.2) is 22.4 Å². The summed E-state index contributed by atoms with van der Waals surface area (Å²) in [4.78, 5) is 1.94. The van der Waals surface area contributed by atoms with Crippen molar-refractivity contribution in [3.05, 3.63) is 88.6 Å². The van der Waals surface area contributed by atoms with E-state index in [-0.39, 0.29) is 12.0 Å². The first-order valence-electron chi connectivity index (χ1n) is 6.93. The average molecular weight is 371 g/mol. The maximum atomic E-state index is 13.6. The molecule has 0 bridgehead atoms. The van der Waals surface area contributed by atoms with Crippen LogP contribution in [0.5, 0.6) is 0 Å². The van der Waals surface area contributed by atoms with Crippen LogP contribution in [0.1, 0.15) is 16.7 Å². The summed E-state index contributed by atoms with van der Waals surface area (Å²) in [5.74, 6) is -1.92. The Labute approximate surface area is 148 Å². The second-order valence-corrected chi connectivity index (χ2v) is 5.17. The first kappa shape index (κ1) is 20.8. The second-order valence-electron chi connectivity index (χ2n) is 4.92. The zero-order valence-electron chi connectivity index (χ0n) is 13.1. The molecule has 0 fully saturated rings. The van der Waals surface area contributed by atoms with Crippen LogP contribution < -0.4 is 16.4 Å². The summed E-state index contributed by atoms with van der Waals surface area (Å²) in [6, 6.07) is 7.50. The van der Waals surface area contributed by atoms with Crippen molar-refractivity contribution in [1.82, 2.24) is 4.83 Å². The van der Waals surface area contributed by atoms with Gasteiger partial charge in [-0.05, 0) is 28.8 Å². The molecule has 0 aliphatic heterocycles. The summed E-state index contributed by atoms with van der Waals surface area (Å²) >= 11 is 3.32. The summed E-state index contributed by atoms with van der Waals surface area (Å²) in [7, 11) is 0. The lowest BCUT2D eigenvalue weighted by Gasteiger charge is -2.06. The summed E-state index contributed by atoms with van der Waals surface area (Å²) in [6.45, 7) is 3.52. The molecule has 0 saturated heterocycles. The standard InChI is InChI=1S/C17H13F4N.H4N2S/c1-10(22)2-3-11-4-6-12(7-5-11)8-13-9-14(18)16(20)17(21)15(13)19;1-2-3/h2-7,9H,1,8,22H2;2-3H,1H2/b3-2+;. The van der Waals surface area contributed by atoms with E-state index in [1.54, 1.807) is 36.4 Å². The number of rotatable bonds is 4. The molecule has 0 heterocycles. The predicted molar refractivity (Wildman–Crippen MR) is 94.2 cm³/mol. The third-order valence-electron chi connectivity index (χ3n) is 3.04. The number of nitrogens with two attached hydrogens (primary N) is 2. The molecule has 25 heavy (non-hydrogen) atoms. The molecule has 0 aromatic heterocycles. The van der Waals surface area contributed by atoms with E-state index < -0.39 is 23.3 Å². The molecule has 134 valence electrons. The van der Waals surface area contributed by atoms with Crippen molar-refractivity contribution in [3.8, 4) is 0 Å². The van der Waals surface area contributed by atoms with E-state index in [1.165, 1.54) is 0 Å². The molecular formula is C17H17F4N3S. The van der Waals surface area contributed by atoms with Gasteiger partial charge in [0.1, 0.15) is 0 Å². The number of halogens is 4. The first-order valence-corrected chi connectivity index (χ1v) is 7.37. The van der Waals surface area contributed by atoms with Crippen LogP contribution in [0.25, 0.3) is 6.08 Å². The molecule has 2 aromatic carbocycles. The Morgan fingerprint density at radius 3 is 2.16 bits per heavy atom. The predicted octanol–water partition coefficient (Wildman–Crippen LogP) is 3.61. The highest BCUT2D eigenvalue weighted by Crippen LogP contribution is 2.21. The summed E-state index contributed by atoms with van der Waals surface area (Å²) in [6.07, 6.45) is 3.32. The van der Waals surface area contributed by atoms with E-state index in [1.807, 2.05) is 4.83 Å². The Hall–Kier alpha value is -2.29. The van der Waals surface area contributed by atoms with Crippen molar-refractivity contribution in [2.24, 2.45) is 11.6 Å². The fraction of sp³-hybridized carbons (Fsp3) is 0.0588. The van der Waals surface area contributed by atoms with Crippen LogP contribution in [-0.4, -0.2) is 0 Å². The van der Waals surface area contributed by atoms with Gasteiger partial charge in [-0.2, -0.15) is 0 Å². The fourth-order valence-corrected chi connectivity index (χ4v) is 1.92. The molecule has 0 atom stereocenters. The smallest absolute Gasteiger partial charge is 0.197 e. The molecule has 2 aromatic rings. The molecule has 0 unspecified atom stereocenters. The summed E-state index contributed by atoms with van der Waals surface area (Å²) in [5, 5.41) is 0. The maximum absolute atomic E-state index is 13.6. The lowest BCUT2D eigenvalue weighted by Crippen LogP contribution is -2.05. The van der Waals surface area contributed by atoms with Gasteiger partial charge in [0.05, 0.1) is 0 Å². The van der Waals surface area contributed by atoms with Crippen LogP contribution in [0.4, 0.5) is 17.6 Å². The molecule has 0 amide bonds. The molecule has 0 aliphatic carbocycles. The van der Waals surface area contributed by atoms with Crippen molar-refractivity contribution in [2.45, 2.75) is 6.42 Å². The molecule has 0 spiro atoms. The van der Waals surface area contributed by atoms with Gasteiger partial charge < -0.3 is 5.73 Å². The number of thiol groups is 1. The minimum Gasteiger partial charge on any atom is -0.399 e. The number of allylic oxidation sites excluding steroid dienone is 1. The van der Waals surface area contributed by atoms with Crippen LogP contribution in [0.15, 0.2) is 48.7 Å². The molecule has 0 aliphatic rings. The van der Waals surface area contributed by atoms with E-state index in [0.717, 1.165) is 5.56 Å². The van der Waals surface area contributed by atoms with Gasteiger partial charge >= 0.3 is 0 Å². The minimum atomic E-state index is -1.80. The van der Waals surface area contributed by atoms with Crippen molar-refractivity contribution in [3.63, 3.8) is 0 Å². The Morgan fingerprint density at radius 2 is 1.64 bits per heavy atom. The van der Waals surface area contributed by atoms with E-state index in [0.29, 0.717) is 17.3 Å². The number of nitrogens with one attached hydrogen (secondary N) is 1. The second kappa shape index (κ2) is 9.87. The maximum Gasteiger partial charge on any atom is 0.197 e. The van der Waals surface area contributed by atoms with Crippen molar-refractivity contribution < 1.29 is 17.6 Å². The Morgan fingerprint density at radius 1 is 1.08 bits per heavy atom. The van der Waals surface area contributed by atoms with Crippen molar-refractivity contribution in [2.75, 3.05) is 0 Å². The fourth-order valence-electron chi connectivity index (χ4n) is 1.92. The Kier molecular flexibility index (Phi) is 8.20. The van der Waals surface area contributed by atoms with Crippen LogP contribution in [0, 0.1) is 23.3 Å². The van der Waals surface area contributed by atoms with E-state index >= 15 is 0 Å². The van der Waals surface area contributed by atoms with Crippen LogP contribution in [0.2, 0.25) is 0 Å². The SMILES string of the molecule is C=C(N)/C=C/c1ccc(Cc2cc(F)c(F)c(F)c2F)cc1.NNS. The number of hydrogen-bond donors (Lipinski definition) is 4. The number of benzene rings is 2. The van der Waals surface area contributed by atoms with Crippen LogP contribution in [0.3, 0.4) is 0 Å². The van der Waals surface area contributed by atoms with Crippen LogP contribution in [-0.2, 0) is 6.42 Å². The molecule has 3 nitrogen and oxygen atoms in total. The third kappa shape index (κ3) is 6.26. The minimum absolute atomic E-state index is 0.0481. The summed E-state index contributed by atoms with van der Waals surface area (Å²) in [5.41, 5.74) is 7.04. The molecule has 0 saturated carbocycles. The van der Waals surface area contributed by atoms with E-state index in [9.17, 15) is 17.6 Å². The van der Waals surface area contributed by atoms with Gasteiger partial charge in [0, 0.05) is 12.1 Å². The van der Waals surface area contributed by atoms with Gasteiger partial charge in [-0.3, -0.25) is 5.84 Å². The Balaban J connectivity index is 0.000000970. The molecular weight excluding hydrogens is 354 g/mol. The van der Waals surface area contributed by atoms with Crippen LogP contribution >= 0.6 is 12.8 Å². The Bertz CT molecular complexity index is 761. The van der Waals surface area contributed by atoms with E-state index in [4.69, 9.17) is 5.73 Å². The highest BCUT2D eigenvalue weighted by molar-refractivity contribution is 7.78.